The second-order valence-corrected chi connectivity index (χ2v) is 8.52. The number of fused-ring (bicyclic) bond motifs is 1. The summed E-state index contributed by atoms with van der Waals surface area (Å²) in [5, 5.41) is 3.73. The van der Waals surface area contributed by atoms with Crippen molar-refractivity contribution in [3.8, 4) is 0 Å². The third kappa shape index (κ3) is 4.28. The van der Waals surface area contributed by atoms with Crippen molar-refractivity contribution in [1.82, 2.24) is 10.2 Å². The Kier molecular flexibility index (Phi) is 5.00. The minimum atomic E-state index is -0.402. The van der Waals surface area contributed by atoms with Crippen LogP contribution in [0.1, 0.15) is 52.9 Å². The number of nitrogens with zero attached hydrogens (tertiary/aromatic N) is 1. The molecule has 1 amide bonds. The highest BCUT2D eigenvalue weighted by atomic mass is 16.6. The maximum absolute atomic E-state index is 12.2. The van der Waals surface area contributed by atoms with Crippen LogP contribution in [-0.4, -0.2) is 42.3 Å². The van der Waals surface area contributed by atoms with Crippen molar-refractivity contribution in [3.05, 3.63) is 12.2 Å². The van der Waals surface area contributed by atoms with Gasteiger partial charge in [0.15, 0.2) is 0 Å². The maximum Gasteiger partial charge on any atom is 0.410 e. The van der Waals surface area contributed by atoms with Crippen LogP contribution >= 0.6 is 0 Å². The Bertz CT molecular complexity index is 455. The summed E-state index contributed by atoms with van der Waals surface area (Å²) in [6.45, 7) is 8.57. The van der Waals surface area contributed by atoms with Gasteiger partial charge in [0, 0.05) is 19.1 Å². The van der Waals surface area contributed by atoms with Crippen molar-refractivity contribution >= 4 is 6.09 Å². The molecule has 23 heavy (non-hydrogen) atoms. The SMILES string of the molecule is CC(C)(C)OC(=O)N1CCCC(CCNC2CC3CC=CC32)C1. The predicted octanol–water partition coefficient (Wildman–Crippen LogP) is 3.58. The van der Waals surface area contributed by atoms with Crippen LogP contribution in [0.15, 0.2) is 12.2 Å². The van der Waals surface area contributed by atoms with Crippen LogP contribution in [0, 0.1) is 17.8 Å². The van der Waals surface area contributed by atoms with Gasteiger partial charge in [-0.1, -0.05) is 12.2 Å². The molecule has 0 aromatic rings. The highest BCUT2D eigenvalue weighted by Crippen LogP contribution is 2.42. The third-order valence-electron chi connectivity index (χ3n) is 5.49. The summed E-state index contributed by atoms with van der Waals surface area (Å²) >= 11 is 0. The average Bonchev–Trinajstić information content (AvgIpc) is 2.83. The second kappa shape index (κ2) is 6.84. The molecule has 4 heteroatoms. The first kappa shape index (κ1) is 16.8. The quantitative estimate of drug-likeness (QED) is 0.805. The van der Waals surface area contributed by atoms with E-state index in [0.29, 0.717) is 12.0 Å². The molecule has 1 saturated heterocycles. The topological polar surface area (TPSA) is 41.6 Å². The molecule has 0 spiro atoms. The number of amides is 1. The second-order valence-electron chi connectivity index (χ2n) is 8.52. The standard InChI is InChI=1S/C19H32N2O2/c1-19(2,3)23-18(22)21-11-5-6-14(13-21)9-10-20-17-12-15-7-4-8-16(15)17/h4,8,14-17,20H,5-7,9-13H2,1-3H3. The van der Waals surface area contributed by atoms with Gasteiger partial charge in [0.2, 0.25) is 0 Å². The lowest BCUT2D eigenvalue weighted by atomic mass is 9.71. The molecular weight excluding hydrogens is 288 g/mol. The minimum absolute atomic E-state index is 0.145. The molecule has 130 valence electrons. The van der Waals surface area contributed by atoms with Crippen LogP contribution in [0.4, 0.5) is 4.79 Å². The van der Waals surface area contributed by atoms with Crippen LogP contribution in [0.5, 0.6) is 0 Å². The molecule has 4 nitrogen and oxygen atoms in total. The number of carbonyl (C=O) groups is 1. The van der Waals surface area contributed by atoms with E-state index in [0.717, 1.165) is 44.3 Å². The Labute approximate surface area is 140 Å². The van der Waals surface area contributed by atoms with Crippen LogP contribution < -0.4 is 5.32 Å². The molecule has 0 radical (unpaired) electrons. The van der Waals surface area contributed by atoms with E-state index in [4.69, 9.17) is 4.74 Å². The molecule has 1 heterocycles. The Morgan fingerprint density at radius 1 is 1.39 bits per heavy atom. The zero-order chi connectivity index (χ0) is 16.4. The normalized spacial score (nSPS) is 33.3. The first-order valence-electron chi connectivity index (χ1n) is 9.30. The van der Waals surface area contributed by atoms with E-state index in [9.17, 15) is 4.79 Å². The summed E-state index contributed by atoms with van der Waals surface area (Å²) < 4.78 is 5.51. The Morgan fingerprint density at radius 3 is 2.96 bits per heavy atom. The first-order chi connectivity index (χ1) is 10.9. The van der Waals surface area contributed by atoms with Gasteiger partial charge in [0.05, 0.1) is 0 Å². The molecule has 3 aliphatic rings. The molecule has 2 aliphatic carbocycles. The van der Waals surface area contributed by atoms with E-state index in [1.165, 1.54) is 19.3 Å². The summed E-state index contributed by atoms with van der Waals surface area (Å²) in [4.78, 5) is 14.1. The zero-order valence-electron chi connectivity index (χ0n) is 14.9. The van der Waals surface area contributed by atoms with Gasteiger partial charge < -0.3 is 15.0 Å². The Hall–Kier alpha value is -1.03. The fourth-order valence-electron chi connectivity index (χ4n) is 4.21. The van der Waals surface area contributed by atoms with Gasteiger partial charge in [0.25, 0.3) is 0 Å². The van der Waals surface area contributed by atoms with Gasteiger partial charge in [-0.3, -0.25) is 0 Å². The van der Waals surface area contributed by atoms with E-state index in [2.05, 4.69) is 17.5 Å². The van der Waals surface area contributed by atoms with Crippen LogP contribution in [0.2, 0.25) is 0 Å². The molecule has 2 fully saturated rings. The summed E-state index contributed by atoms with van der Waals surface area (Å²) in [6, 6.07) is 0.698. The Morgan fingerprint density at radius 2 is 2.22 bits per heavy atom. The maximum atomic E-state index is 12.2. The first-order valence-corrected chi connectivity index (χ1v) is 9.30. The number of ether oxygens (including phenoxy) is 1. The minimum Gasteiger partial charge on any atom is -0.444 e. The molecular formula is C19H32N2O2. The molecule has 0 bridgehead atoms. The van der Waals surface area contributed by atoms with E-state index >= 15 is 0 Å². The number of rotatable bonds is 4. The fourth-order valence-corrected chi connectivity index (χ4v) is 4.21. The molecule has 1 N–H and O–H groups in total. The lowest BCUT2D eigenvalue weighted by Gasteiger charge is -2.41. The number of nitrogens with one attached hydrogen (secondary N) is 1. The van der Waals surface area contributed by atoms with Gasteiger partial charge in [-0.05, 0) is 77.2 Å². The predicted molar refractivity (Wildman–Crippen MR) is 92.3 cm³/mol. The lowest BCUT2D eigenvalue weighted by molar-refractivity contribution is 0.0160. The molecule has 0 aromatic carbocycles. The van der Waals surface area contributed by atoms with Gasteiger partial charge in [0.1, 0.15) is 5.60 Å². The number of likely N-dealkylation sites (tertiary alicyclic amines) is 1. The van der Waals surface area contributed by atoms with E-state index in [1.54, 1.807) is 0 Å². The average molecular weight is 320 g/mol. The zero-order valence-corrected chi connectivity index (χ0v) is 14.9. The van der Waals surface area contributed by atoms with Gasteiger partial charge in [-0.25, -0.2) is 4.79 Å². The van der Waals surface area contributed by atoms with Crippen LogP contribution in [0.25, 0.3) is 0 Å². The summed E-state index contributed by atoms with van der Waals surface area (Å²) in [5.74, 6) is 2.32. The van der Waals surface area contributed by atoms with Gasteiger partial charge >= 0.3 is 6.09 Å². The van der Waals surface area contributed by atoms with Gasteiger partial charge in [-0.15, -0.1) is 0 Å². The molecule has 0 aromatic heterocycles. The van der Waals surface area contributed by atoms with Crippen molar-refractivity contribution < 1.29 is 9.53 Å². The van der Waals surface area contributed by atoms with Crippen LogP contribution in [-0.2, 0) is 4.74 Å². The third-order valence-corrected chi connectivity index (χ3v) is 5.49. The van der Waals surface area contributed by atoms with Crippen molar-refractivity contribution in [2.75, 3.05) is 19.6 Å². The summed E-state index contributed by atoms with van der Waals surface area (Å²) in [5.41, 5.74) is -0.402. The van der Waals surface area contributed by atoms with Gasteiger partial charge in [-0.2, -0.15) is 0 Å². The van der Waals surface area contributed by atoms with E-state index in [1.807, 2.05) is 25.7 Å². The van der Waals surface area contributed by atoms with E-state index in [-0.39, 0.29) is 6.09 Å². The molecule has 1 aliphatic heterocycles. The molecule has 1 saturated carbocycles. The molecule has 4 unspecified atom stereocenters. The number of carbonyl (C=O) groups excluding carboxylic acids is 1. The largest absolute Gasteiger partial charge is 0.444 e. The number of piperidine rings is 1. The fraction of sp³-hybridized carbons (Fsp3) is 0.842. The van der Waals surface area contributed by atoms with Crippen LogP contribution in [0.3, 0.4) is 0 Å². The smallest absolute Gasteiger partial charge is 0.410 e. The van der Waals surface area contributed by atoms with Crippen molar-refractivity contribution in [3.63, 3.8) is 0 Å². The van der Waals surface area contributed by atoms with E-state index < -0.39 is 5.60 Å². The lowest BCUT2D eigenvalue weighted by Crippen LogP contribution is -2.49. The number of allylic oxidation sites excluding steroid dienone is 1. The van der Waals surface area contributed by atoms with Crippen molar-refractivity contribution in [2.45, 2.75) is 64.5 Å². The number of hydrogen-bond donors (Lipinski definition) is 1. The molecule has 3 rings (SSSR count). The molecule has 4 atom stereocenters. The highest BCUT2D eigenvalue weighted by Gasteiger charge is 2.40. The summed E-state index contributed by atoms with van der Waals surface area (Å²) in [7, 11) is 0. The highest BCUT2D eigenvalue weighted by molar-refractivity contribution is 5.68. The van der Waals surface area contributed by atoms with Crippen molar-refractivity contribution in [1.29, 1.82) is 0 Å². The number of hydrogen-bond acceptors (Lipinski definition) is 3. The van der Waals surface area contributed by atoms with Crippen molar-refractivity contribution in [2.24, 2.45) is 17.8 Å². The monoisotopic (exact) mass is 320 g/mol. The Balaban J connectivity index is 1.37. The summed E-state index contributed by atoms with van der Waals surface area (Å²) in [6.07, 6.45) is 10.7.